The van der Waals surface area contributed by atoms with Gasteiger partial charge in [0.15, 0.2) is 0 Å². The summed E-state index contributed by atoms with van der Waals surface area (Å²) in [6, 6.07) is 11.0. The van der Waals surface area contributed by atoms with Crippen LogP contribution in [0.2, 0.25) is 0 Å². The fraction of sp³-hybridized carbons (Fsp3) is 0.412. The summed E-state index contributed by atoms with van der Waals surface area (Å²) in [6.07, 6.45) is 5.25. The molecule has 1 aromatic heterocycles. The van der Waals surface area contributed by atoms with E-state index in [0.29, 0.717) is 12.6 Å². The normalized spacial score (nSPS) is 17.9. The first-order chi connectivity index (χ1) is 9.88. The Balaban J connectivity index is 1.69. The number of benzene rings is 1. The van der Waals surface area contributed by atoms with Gasteiger partial charge in [0, 0.05) is 31.7 Å². The van der Waals surface area contributed by atoms with Gasteiger partial charge in [-0.05, 0) is 30.0 Å². The van der Waals surface area contributed by atoms with Crippen LogP contribution < -0.4 is 5.32 Å². The Kier molecular flexibility index (Phi) is 4.19. The summed E-state index contributed by atoms with van der Waals surface area (Å²) < 4.78 is 10.8. The van der Waals surface area contributed by atoms with E-state index in [9.17, 15) is 0 Å². The summed E-state index contributed by atoms with van der Waals surface area (Å²) >= 11 is 0. The lowest BCUT2D eigenvalue weighted by atomic mass is 9.93. The van der Waals surface area contributed by atoms with Crippen molar-refractivity contribution in [3.05, 3.63) is 59.0 Å². The number of ether oxygens (including phenoxy) is 1. The lowest BCUT2D eigenvalue weighted by Crippen LogP contribution is -2.24. The van der Waals surface area contributed by atoms with E-state index in [-0.39, 0.29) is 0 Å². The van der Waals surface area contributed by atoms with Crippen molar-refractivity contribution in [1.29, 1.82) is 0 Å². The minimum atomic E-state index is 0.410. The highest BCUT2D eigenvalue weighted by Gasteiger charge is 2.22. The van der Waals surface area contributed by atoms with E-state index >= 15 is 0 Å². The van der Waals surface area contributed by atoms with Crippen molar-refractivity contribution >= 4 is 0 Å². The predicted octanol–water partition coefficient (Wildman–Crippen LogP) is 3.59. The van der Waals surface area contributed by atoms with Gasteiger partial charge in [-0.3, -0.25) is 0 Å². The summed E-state index contributed by atoms with van der Waals surface area (Å²) in [5.74, 6) is 1.15. The molecule has 1 heterocycles. The summed E-state index contributed by atoms with van der Waals surface area (Å²) in [7, 11) is 1.74. The van der Waals surface area contributed by atoms with Crippen molar-refractivity contribution in [3.63, 3.8) is 0 Å². The monoisotopic (exact) mass is 271 g/mol. The molecule has 1 aromatic carbocycles. The molecular formula is C17H21NO2. The van der Waals surface area contributed by atoms with E-state index in [0.717, 1.165) is 18.7 Å². The maximum atomic E-state index is 5.54. The minimum absolute atomic E-state index is 0.410. The highest BCUT2D eigenvalue weighted by atomic mass is 16.5. The molecule has 20 heavy (non-hydrogen) atoms. The van der Waals surface area contributed by atoms with E-state index in [4.69, 9.17) is 9.15 Å². The van der Waals surface area contributed by atoms with Gasteiger partial charge in [-0.1, -0.05) is 24.3 Å². The minimum Gasteiger partial charge on any atom is -0.469 e. The molecular weight excluding hydrogens is 250 g/mol. The fourth-order valence-electron chi connectivity index (χ4n) is 2.96. The first kappa shape index (κ1) is 13.4. The first-order valence-corrected chi connectivity index (χ1v) is 7.24. The summed E-state index contributed by atoms with van der Waals surface area (Å²) in [5.41, 5.74) is 3.90. The van der Waals surface area contributed by atoms with Crippen molar-refractivity contribution in [2.24, 2.45) is 0 Å². The second-order valence-corrected chi connectivity index (χ2v) is 5.33. The number of rotatable bonds is 5. The zero-order chi connectivity index (χ0) is 13.8. The Morgan fingerprint density at radius 1 is 1.25 bits per heavy atom. The molecule has 1 atom stereocenters. The molecule has 0 fully saturated rings. The molecule has 0 radical (unpaired) electrons. The second kappa shape index (κ2) is 6.25. The molecule has 0 aliphatic heterocycles. The molecule has 2 aromatic rings. The van der Waals surface area contributed by atoms with Gasteiger partial charge >= 0.3 is 0 Å². The Labute approximate surface area is 119 Å². The van der Waals surface area contributed by atoms with Crippen molar-refractivity contribution in [2.45, 2.75) is 38.5 Å². The predicted molar refractivity (Wildman–Crippen MR) is 78.4 cm³/mol. The number of hydrogen-bond acceptors (Lipinski definition) is 3. The van der Waals surface area contributed by atoms with Gasteiger partial charge in [-0.2, -0.15) is 0 Å². The fourth-order valence-corrected chi connectivity index (χ4v) is 2.96. The number of aryl methyl sites for hydroxylation is 1. The molecule has 1 aliphatic carbocycles. The molecule has 0 spiro atoms. The molecule has 1 aliphatic rings. The topological polar surface area (TPSA) is 34.4 Å². The Morgan fingerprint density at radius 3 is 2.95 bits per heavy atom. The smallest absolute Gasteiger partial charge is 0.108 e. The van der Waals surface area contributed by atoms with Gasteiger partial charge in [0.05, 0.1) is 12.9 Å². The third-order valence-corrected chi connectivity index (χ3v) is 4.01. The van der Waals surface area contributed by atoms with E-state index in [2.05, 4.69) is 35.6 Å². The van der Waals surface area contributed by atoms with Crippen LogP contribution in [0.5, 0.6) is 0 Å². The zero-order valence-electron chi connectivity index (χ0n) is 11.9. The number of methoxy groups -OCH3 is 1. The third-order valence-electron chi connectivity index (χ3n) is 4.01. The van der Waals surface area contributed by atoms with Crippen LogP contribution in [-0.4, -0.2) is 7.11 Å². The maximum Gasteiger partial charge on any atom is 0.108 e. The average Bonchev–Trinajstić information content (AvgIpc) is 2.96. The zero-order valence-corrected chi connectivity index (χ0v) is 11.9. The highest BCUT2D eigenvalue weighted by molar-refractivity contribution is 5.28. The van der Waals surface area contributed by atoms with Crippen LogP contribution in [0.15, 0.2) is 41.0 Å². The van der Waals surface area contributed by atoms with Crippen LogP contribution in [-0.2, 0) is 24.3 Å². The summed E-state index contributed by atoms with van der Waals surface area (Å²) in [5, 5.41) is 3.66. The number of fused-ring (bicyclic) bond motifs is 1. The van der Waals surface area contributed by atoms with Crippen LogP contribution in [0.4, 0.5) is 0 Å². The lowest BCUT2D eigenvalue weighted by Gasteiger charge is -2.23. The van der Waals surface area contributed by atoms with Gasteiger partial charge in [0.1, 0.15) is 5.76 Å². The third kappa shape index (κ3) is 2.79. The van der Waals surface area contributed by atoms with Crippen molar-refractivity contribution in [1.82, 2.24) is 5.32 Å². The average molecular weight is 271 g/mol. The standard InChI is InChI=1S/C17H21NO2/c1-19-12-14-6-3-2-5-13(14)11-18-16-7-4-8-17-15(16)9-10-20-17/h2-3,5-6,9-10,16,18H,4,7-8,11-12H2,1H3. The summed E-state index contributed by atoms with van der Waals surface area (Å²) in [6.45, 7) is 1.54. The number of nitrogens with one attached hydrogen (secondary N) is 1. The van der Waals surface area contributed by atoms with Crippen molar-refractivity contribution < 1.29 is 9.15 Å². The van der Waals surface area contributed by atoms with E-state index in [1.54, 1.807) is 7.11 Å². The van der Waals surface area contributed by atoms with Crippen LogP contribution in [0.1, 0.15) is 41.3 Å². The van der Waals surface area contributed by atoms with Crippen LogP contribution in [0.3, 0.4) is 0 Å². The van der Waals surface area contributed by atoms with Crippen LogP contribution >= 0.6 is 0 Å². The molecule has 0 saturated heterocycles. The van der Waals surface area contributed by atoms with Crippen LogP contribution in [0, 0.1) is 0 Å². The number of hydrogen-bond donors (Lipinski definition) is 1. The first-order valence-electron chi connectivity index (χ1n) is 7.24. The molecule has 106 valence electrons. The van der Waals surface area contributed by atoms with Crippen molar-refractivity contribution in [2.75, 3.05) is 7.11 Å². The van der Waals surface area contributed by atoms with Gasteiger partial charge in [0.2, 0.25) is 0 Å². The Hall–Kier alpha value is -1.58. The van der Waals surface area contributed by atoms with Gasteiger partial charge in [-0.15, -0.1) is 0 Å². The molecule has 3 rings (SSSR count). The van der Waals surface area contributed by atoms with Gasteiger partial charge in [-0.25, -0.2) is 0 Å². The quantitative estimate of drug-likeness (QED) is 0.902. The van der Waals surface area contributed by atoms with Crippen molar-refractivity contribution in [3.8, 4) is 0 Å². The maximum absolute atomic E-state index is 5.54. The van der Waals surface area contributed by atoms with E-state index in [1.807, 2.05) is 6.26 Å². The Bertz CT molecular complexity index is 562. The number of furan rings is 1. The molecule has 3 nitrogen and oxygen atoms in total. The largest absolute Gasteiger partial charge is 0.469 e. The van der Waals surface area contributed by atoms with E-state index in [1.165, 1.54) is 29.5 Å². The molecule has 1 N–H and O–H groups in total. The molecule has 3 heteroatoms. The molecule has 0 bridgehead atoms. The molecule has 0 saturated carbocycles. The SMILES string of the molecule is COCc1ccccc1CNC1CCCc2occc21. The van der Waals surface area contributed by atoms with Gasteiger partial charge in [0.25, 0.3) is 0 Å². The molecule has 1 unspecified atom stereocenters. The highest BCUT2D eigenvalue weighted by Crippen LogP contribution is 2.30. The summed E-state index contributed by atoms with van der Waals surface area (Å²) in [4.78, 5) is 0. The molecule has 0 amide bonds. The van der Waals surface area contributed by atoms with E-state index < -0.39 is 0 Å². The Morgan fingerprint density at radius 2 is 2.10 bits per heavy atom. The van der Waals surface area contributed by atoms with Gasteiger partial charge < -0.3 is 14.5 Å². The van der Waals surface area contributed by atoms with Crippen LogP contribution in [0.25, 0.3) is 0 Å². The lowest BCUT2D eigenvalue weighted by molar-refractivity contribution is 0.184. The second-order valence-electron chi connectivity index (χ2n) is 5.33.